The minimum absolute atomic E-state index is 0.264. The maximum Gasteiger partial charge on any atom is 0.153 e. The van der Waals surface area contributed by atoms with E-state index in [1.807, 2.05) is 4.90 Å². The van der Waals surface area contributed by atoms with Crippen LogP contribution in [0.2, 0.25) is 0 Å². The molecule has 2 rings (SSSR count). The lowest BCUT2D eigenvalue weighted by atomic mass is 10.2. The van der Waals surface area contributed by atoms with Gasteiger partial charge in [0.05, 0.1) is 9.72 Å². The number of sulfone groups is 1. The number of nitrogens with zero attached hydrogens (tertiary/aromatic N) is 3. The second-order valence-electron chi connectivity index (χ2n) is 3.55. The van der Waals surface area contributed by atoms with Gasteiger partial charge in [-0.1, -0.05) is 0 Å². The monoisotopic (exact) mass is 291 g/mol. The van der Waals surface area contributed by atoms with E-state index in [0.29, 0.717) is 13.1 Å². The largest absolute Gasteiger partial charge is 0.353 e. The summed E-state index contributed by atoms with van der Waals surface area (Å²) in [6.07, 6.45) is 4.37. The van der Waals surface area contributed by atoms with Crippen molar-refractivity contribution in [2.75, 3.05) is 24.2 Å². The van der Waals surface area contributed by atoms with E-state index < -0.39 is 9.84 Å². The van der Waals surface area contributed by atoms with Crippen LogP contribution in [-0.4, -0.2) is 43.0 Å². The zero-order chi connectivity index (χ0) is 11.1. The molecular formula is C8H10BrN3O2S. The van der Waals surface area contributed by atoms with Gasteiger partial charge in [0, 0.05) is 25.5 Å². The van der Waals surface area contributed by atoms with E-state index in [4.69, 9.17) is 0 Å². The molecule has 0 aliphatic carbocycles. The lowest BCUT2D eigenvalue weighted by molar-refractivity contribution is 0.543. The molecule has 0 atom stereocenters. The topological polar surface area (TPSA) is 63.2 Å². The standard InChI is InChI=1S/C8H10BrN3O2S/c1-15(13,14)6-3-12(4-6)8-7(9)2-10-5-11-8/h2,5-6H,3-4H2,1H3. The Labute approximate surface area is 96.6 Å². The first-order valence-electron chi connectivity index (χ1n) is 4.38. The third kappa shape index (κ3) is 2.12. The number of hydrogen-bond acceptors (Lipinski definition) is 5. The molecule has 0 amide bonds. The molecule has 0 saturated carbocycles. The predicted molar refractivity (Wildman–Crippen MR) is 60.6 cm³/mol. The van der Waals surface area contributed by atoms with E-state index >= 15 is 0 Å². The van der Waals surface area contributed by atoms with Crippen LogP contribution in [0.5, 0.6) is 0 Å². The molecule has 0 N–H and O–H groups in total. The van der Waals surface area contributed by atoms with Crippen LogP contribution >= 0.6 is 15.9 Å². The molecule has 1 aliphatic rings. The number of hydrogen-bond donors (Lipinski definition) is 0. The second-order valence-corrected chi connectivity index (χ2v) is 6.73. The summed E-state index contributed by atoms with van der Waals surface area (Å²) >= 11 is 3.33. The molecule has 1 aromatic heterocycles. The zero-order valence-corrected chi connectivity index (χ0v) is 10.5. The van der Waals surface area contributed by atoms with Crippen LogP contribution in [0.4, 0.5) is 5.82 Å². The summed E-state index contributed by atoms with van der Waals surface area (Å²) in [7, 11) is -2.92. The lowest BCUT2D eigenvalue weighted by Gasteiger charge is -2.39. The van der Waals surface area contributed by atoms with E-state index in [0.717, 1.165) is 10.3 Å². The third-order valence-corrected chi connectivity index (χ3v) is 4.47. The Kier molecular flexibility index (Phi) is 2.68. The molecule has 0 aromatic carbocycles. The normalized spacial score (nSPS) is 17.6. The van der Waals surface area contributed by atoms with Crippen LogP contribution < -0.4 is 4.90 Å². The average molecular weight is 292 g/mol. The number of aromatic nitrogens is 2. The Morgan fingerprint density at radius 3 is 2.73 bits per heavy atom. The summed E-state index contributed by atoms with van der Waals surface area (Å²) in [4.78, 5) is 9.85. The van der Waals surface area contributed by atoms with Crippen LogP contribution in [0, 0.1) is 0 Å². The van der Waals surface area contributed by atoms with Gasteiger partial charge < -0.3 is 4.90 Å². The van der Waals surface area contributed by atoms with E-state index in [1.54, 1.807) is 6.20 Å². The van der Waals surface area contributed by atoms with Crippen molar-refractivity contribution in [1.29, 1.82) is 0 Å². The highest BCUT2D eigenvalue weighted by Crippen LogP contribution is 2.28. The van der Waals surface area contributed by atoms with Gasteiger partial charge in [-0.15, -0.1) is 0 Å². The summed E-state index contributed by atoms with van der Waals surface area (Å²) in [6, 6.07) is 0. The lowest BCUT2D eigenvalue weighted by Crippen LogP contribution is -2.55. The summed E-state index contributed by atoms with van der Waals surface area (Å²) in [6.45, 7) is 1.02. The molecule has 2 heterocycles. The summed E-state index contributed by atoms with van der Waals surface area (Å²) in [5, 5.41) is -0.264. The van der Waals surface area contributed by atoms with Gasteiger partial charge in [0.1, 0.15) is 12.1 Å². The van der Waals surface area contributed by atoms with Crippen LogP contribution in [0.3, 0.4) is 0 Å². The Bertz CT molecular complexity index is 471. The number of halogens is 1. The molecule has 15 heavy (non-hydrogen) atoms. The smallest absolute Gasteiger partial charge is 0.153 e. The minimum atomic E-state index is -2.92. The highest BCUT2D eigenvalue weighted by Gasteiger charge is 2.35. The van der Waals surface area contributed by atoms with Gasteiger partial charge in [0.15, 0.2) is 9.84 Å². The quantitative estimate of drug-likeness (QED) is 0.793. The van der Waals surface area contributed by atoms with Crippen LogP contribution in [0.25, 0.3) is 0 Å². The van der Waals surface area contributed by atoms with E-state index in [-0.39, 0.29) is 5.25 Å². The molecule has 1 aromatic rings. The summed E-state index contributed by atoms with van der Waals surface area (Å²) < 4.78 is 23.2. The Morgan fingerprint density at radius 1 is 1.53 bits per heavy atom. The SMILES string of the molecule is CS(=O)(=O)C1CN(c2ncncc2Br)C1. The Morgan fingerprint density at radius 2 is 2.20 bits per heavy atom. The fourth-order valence-electron chi connectivity index (χ4n) is 1.42. The van der Waals surface area contributed by atoms with Crippen molar-refractivity contribution < 1.29 is 8.42 Å². The van der Waals surface area contributed by atoms with Gasteiger partial charge in [0.25, 0.3) is 0 Å². The number of anilines is 1. The van der Waals surface area contributed by atoms with Crippen molar-refractivity contribution in [2.24, 2.45) is 0 Å². The molecule has 82 valence electrons. The van der Waals surface area contributed by atoms with Crippen molar-refractivity contribution in [2.45, 2.75) is 5.25 Å². The minimum Gasteiger partial charge on any atom is -0.353 e. The first-order valence-corrected chi connectivity index (χ1v) is 7.12. The van der Waals surface area contributed by atoms with Crippen LogP contribution in [-0.2, 0) is 9.84 Å². The third-order valence-electron chi connectivity index (χ3n) is 2.40. The van der Waals surface area contributed by atoms with Gasteiger partial charge >= 0.3 is 0 Å². The molecule has 0 bridgehead atoms. The molecular weight excluding hydrogens is 282 g/mol. The van der Waals surface area contributed by atoms with Crippen molar-refractivity contribution in [3.8, 4) is 0 Å². The van der Waals surface area contributed by atoms with Crippen molar-refractivity contribution in [1.82, 2.24) is 9.97 Å². The first kappa shape index (κ1) is 10.8. The van der Waals surface area contributed by atoms with Crippen molar-refractivity contribution in [3.05, 3.63) is 17.0 Å². The maximum absolute atomic E-state index is 11.2. The van der Waals surface area contributed by atoms with Crippen LogP contribution in [0.15, 0.2) is 17.0 Å². The molecule has 1 aliphatic heterocycles. The molecule has 1 fully saturated rings. The fraction of sp³-hybridized carbons (Fsp3) is 0.500. The van der Waals surface area contributed by atoms with Gasteiger partial charge in [-0.25, -0.2) is 18.4 Å². The van der Waals surface area contributed by atoms with Crippen LogP contribution in [0.1, 0.15) is 0 Å². The van der Waals surface area contributed by atoms with Gasteiger partial charge in [0.2, 0.25) is 0 Å². The Balaban J connectivity index is 2.10. The fourth-order valence-corrected chi connectivity index (χ4v) is 2.79. The molecule has 1 saturated heterocycles. The number of rotatable bonds is 2. The van der Waals surface area contributed by atoms with E-state index in [1.165, 1.54) is 12.6 Å². The van der Waals surface area contributed by atoms with Gasteiger partial charge in [-0.3, -0.25) is 0 Å². The van der Waals surface area contributed by atoms with Gasteiger partial charge in [-0.2, -0.15) is 0 Å². The van der Waals surface area contributed by atoms with Crippen molar-refractivity contribution in [3.63, 3.8) is 0 Å². The van der Waals surface area contributed by atoms with Crippen molar-refractivity contribution >= 4 is 31.6 Å². The molecule has 0 radical (unpaired) electrons. The maximum atomic E-state index is 11.2. The molecule has 5 nitrogen and oxygen atoms in total. The second kappa shape index (κ2) is 3.71. The van der Waals surface area contributed by atoms with E-state index in [9.17, 15) is 8.42 Å². The summed E-state index contributed by atoms with van der Waals surface area (Å²) in [5.74, 6) is 0.755. The molecule has 0 unspecified atom stereocenters. The highest BCUT2D eigenvalue weighted by atomic mass is 79.9. The first-order chi connectivity index (χ1) is 6.98. The predicted octanol–water partition coefficient (Wildman–Crippen LogP) is 0.472. The van der Waals surface area contributed by atoms with E-state index in [2.05, 4.69) is 25.9 Å². The highest BCUT2D eigenvalue weighted by molar-refractivity contribution is 9.10. The molecule has 7 heteroatoms. The Hall–Kier alpha value is -0.690. The zero-order valence-electron chi connectivity index (χ0n) is 8.09. The molecule has 0 spiro atoms. The summed E-state index contributed by atoms with van der Waals surface area (Å²) in [5.41, 5.74) is 0. The van der Waals surface area contributed by atoms with Gasteiger partial charge in [-0.05, 0) is 15.9 Å². The average Bonchev–Trinajstić information content (AvgIpc) is 2.03.